The van der Waals surface area contributed by atoms with Gasteiger partial charge in [0.05, 0.1) is 0 Å². The second kappa shape index (κ2) is 6.58. The number of rotatable bonds is 3. The molecule has 0 spiro atoms. The molecule has 0 saturated carbocycles. The second-order valence-electron chi connectivity index (χ2n) is 5.48. The molecule has 2 rings (SSSR count). The highest BCUT2D eigenvalue weighted by atomic mass is 16.5. The first-order valence-electron chi connectivity index (χ1n) is 6.85. The molecule has 2 aliphatic rings. The molecule has 2 atom stereocenters. The normalized spacial score (nSPS) is 33.6. The molecule has 2 heterocycles. The molecule has 1 N–H and O–H groups in total. The molecule has 0 aromatic carbocycles. The number of ether oxygens (including phenoxy) is 1. The van der Waals surface area contributed by atoms with Crippen LogP contribution in [-0.4, -0.2) is 50.8 Å². The predicted octanol–water partition coefficient (Wildman–Crippen LogP) is 1.34. The van der Waals surface area contributed by atoms with Gasteiger partial charge in [0.15, 0.2) is 0 Å². The minimum Gasteiger partial charge on any atom is -0.381 e. The van der Waals surface area contributed by atoms with E-state index >= 15 is 0 Å². The highest BCUT2D eigenvalue weighted by Gasteiger charge is 2.18. The van der Waals surface area contributed by atoms with E-state index in [2.05, 4.69) is 17.1 Å². The fourth-order valence-corrected chi connectivity index (χ4v) is 2.75. The minimum absolute atomic E-state index is 0.792. The van der Waals surface area contributed by atoms with Crippen molar-refractivity contribution in [3.05, 3.63) is 0 Å². The van der Waals surface area contributed by atoms with E-state index in [1.54, 1.807) is 0 Å². The lowest BCUT2D eigenvalue weighted by atomic mass is 10.0. The van der Waals surface area contributed by atoms with Crippen LogP contribution in [0.15, 0.2) is 0 Å². The Morgan fingerprint density at radius 1 is 1.44 bits per heavy atom. The first-order chi connectivity index (χ1) is 7.84. The van der Waals surface area contributed by atoms with Crippen molar-refractivity contribution in [1.29, 1.82) is 0 Å². The minimum atomic E-state index is 0.792. The molecule has 2 unspecified atom stereocenters. The van der Waals surface area contributed by atoms with Crippen molar-refractivity contribution >= 4 is 0 Å². The van der Waals surface area contributed by atoms with Crippen LogP contribution in [-0.2, 0) is 4.74 Å². The number of hydrogen-bond acceptors (Lipinski definition) is 3. The maximum Gasteiger partial charge on any atom is 0.0495 e. The third-order valence-electron chi connectivity index (χ3n) is 3.77. The lowest BCUT2D eigenvalue weighted by molar-refractivity contribution is 0.171. The zero-order chi connectivity index (χ0) is 11.2. The van der Waals surface area contributed by atoms with E-state index in [9.17, 15) is 0 Å². The number of nitrogens with one attached hydrogen (secondary N) is 1. The van der Waals surface area contributed by atoms with Crippen LogP contribution in [0.4, 0.5) is 0 Å². The monoisotopic (exact) mass is 226 g/mol. The first-order valence-corrected chi connectivity index (χ1v) is 6.85. The molecule has 0 bridgehead atoms. The van der Waals surface area contributed by atoms with Crippen molar-refractivity contribution in [2.75, 3.05) is 45.9 Å². The van der Waals surface area contributed by atoms with Crippen molar-refractivity contribution in [1.82, 2.24) is 10.2 Å². The molecule has 2 aliphatic heterocycles. The SMILES string of the molecule is CC1CNCCCN(CCC2CCOC2)C1. The van der Waals surface area contributed by atoms with Gasteiger partial charge in [0.2, 0.25) is 0 Å². The fourth-order valence-electron chi connectivity index (χ4n) is 2.75. The van der Waals surface area contributed by atoms with Crippen LogP contribution in [0.5, 0.6) is 0 Å². The number of hydrogen-bond donors (Lipinski definition) is 1. The van der Waals surface area contributed by atoms with Crippen LogP contribution >= 0.6 is 0 Å². The summed E-state index contributed by atoms with van der Waals surface area (Å²) in [7, 11) is 0. The lowest BCUT2D eigenvalue weighted by Gasteiger charge is -2.29. The molecule has 16 heavy (non-hydrogen) atoms. The molecule has 2 saturated heterocycles. The molecular weight excluding hydrogens is 200 g/mol. The average molecular weight is 226 g/mol. The zero-order valence-corrected chi connectivity index (χ0v) is 10.6. The zero-order valence-electron chi connectivity index (χ0n) is 10.6. The van der Waals surface area contributed by atoms with E-state index in [0.717, 1.165) is 25.0 Å². The van der Waals surface area contributed by atoms with Crippen LogP contribution in [0.2, 0.25) is 0 Å². The topological polar surface area (TPSA) is 24.5 Å². The van der Waals surface area contributed by atoms with E-state index in [0.29, 0.717) is 0 Å². The average Bonchev–Trinajstić information content (AvgIpc) is 2.74. The smallest absolute Gasteiger partial charge is 0.0495 e. The molecule has 3 nitrogen and oxygen atoms in total. The van der Waals surface area contributed by atoms with Gasteiger partial charge < -0.3 is 15.0 Å². The van der Waals surface area contributed by atoms with Gasteiger partial charge in [0, 0.05) is 19.8 Å². The molecule has 94 valence electrons. The van der Waals surface area contributed by atoms with Crippen molar-refractivity contribution in [3.63, 3.8) is 0 Å². The van der Waals surface area contributed by atoms with Gasteiger partial charge in [-0.3, -0.25) is 0 Å². The van der Waals surface area contributed by atoms with Crippen molar-refractivity contribution < 1.29 is 4.74 Å². The Morgan fingerprint density at radius 2 is 2.38 bits per heavy atom. The lowest BCUT2D eigenvalue weighted by Crippen LogP contribution is -2.39. The Hall–Kier alpha value is -0.120. The summed E-state index contributed by atoms with van der Waals surface area (Å²) in [6.45, 7) is 10.5. The summed E-state index contributed by atoms with van der Waals surface area (Å²) in [4.78, 5) is 2.66. The Kier molecular flexibility index (Phi) is 5.07. The Labute approximate surface area is 99.5 Å². The van der Waals surface area contributed by atoms with E-state index in [1.165, 1.54) is 52.0 Å². The number of nitrogens with zero attached hydrogens (tertiary/aromatic N) is 1. The van der Waals surface area contributed by atoms with Crippen LogP contribution in [0.1, 0.15) is 26.2 Å². The van der Waals surface area contributed by atoms with Gasteiger partial charge in [-0.1, -0.05) is 6.92 Å². The summed E-state index contributed by atoms with van der Waals surface area (Å²) in [5.41, 5.74) is 0. The molecule has 2 fully saturated rings. The summed E-state index contributed by atoms with van der Waals surface area (Å²) in [5.74, 6) is 1.62. The van der Waals surface area contributed by atoms with Gasteiger partial charge in [-0.15, -0.1) is 0 Å². The van der Waals surface area contributed by atoms with E-state index in [-0.39, 0.29) is 0 Å². The summed E-state index contributed by atoms with van der Waals surface area (Å²) in [6.07, 6.45) is 3.92. The molecule has 3 heteroatoms. The molecular formula is C13H26N2O. The maximum absolute atomic E-state index is 5.43. The molecule has 0 aromatic rings. The quantitative estimate of drug-likeness (QED) is 0.786. The van der Waals surface area contributed by atoms with Crippen LogP contribution < -0.4 is 5.32 Å². The Morgan fingerprint density at radius 3 is 3.19 bits per heavy atom. The van der Waals surface area contributed by atoms with Gasteiger partial charge in [-0.25, -0.2) is 0 Å². The summed E-state index contributed by atoms with van der Waals surface area (Å²) in [5, 5.41) is 3.51. The maximum atomic E-state index is 5.43. The predicted molar refractivity (Wildman–Crippen MR) is 66.6 cm³/mol. The van der Waals surface area contributed by atoms with Crippen LogP contribution in [0.25, 0.3) is 0 Å². The third kappa shape index (κ3) is 4.04. The first kappa shape index (κ1) is 12.3. The van der Waals surface area contributed by atoms with Crippen molar-refractivity contribution in [3.8, 4) is 0 Å². The summed E-state index contributed by atoms with van der Waals surface area (Å²) < 4.78 is 5.43. The Bertz CT molecular complexity index is 192. The van der Waals surface area contributed by atoms with Crippen molar-refractivity contribution in [2.45, 2.75) is 26.2 Å². The standard InChI is InChI=1S/C13H26N2O/c1-12-9-14-5-2-6-15(10-12)7-3-13-4-8-16-11-13/h12-14H,2-11H2,1H3. The van der Waals surface area contributed by atoms with Crippen molar-refractivity contribution in [2.24, 2.45) is 11.8 Å². The fraction of sp³-hybridized carbons (Fsp3) is 1.00. The molecule has 0 aliphatic carbocycles. The third-order valence-corrected chi connectivity index (χ3v) is 3.77. The van der Waals surface area contributed by atoms with E-state index < -0.39 is 0 Å². The summed E-state index contributed by atoms with van der Waals surface area (Å²) in [6, 6.07) is 0. The highest BCUT2D eigenvalue weighted by Crippen LogP contribution is 2.17. The van der Waals surface area contributed by atoms with Crippen LogP contribution in [0, 0.1) is 11.8 Å². The largest absolute Gasteiger partial charge is 0.381 e. The van der Waals surface area contributed by atoms with Gasteiger partial charge in [-0.2, -0.15) is 0 Å². The van der Waals surface area contributed by atoms with Gasteiger partial charge in [0.25, 0.3) is 0 Å². The van der Waals surface area contributed by atoms with E-state index in [4.69, 9.17) is 4.74 Å². The van der Waals surface area contributed by atoms with Gasteiger partial charge >= 0.3 is 0 Å². The van der Waals surface area contributed by atoms with Crippen LogP contribution in [0.3, 0.4) is 0 Å². The summed E-state index contributed by atoms with van der Waals surface area (Å²) >= 11 is 0. The molecule has 0 aromatic heterocycles. The Balaban J connectivity index is 1.68. The molecule has 0 amide bonds. The molecule has 0 radical (unpaired) electrons. The second-order valence-corrected chi connectivity index (χ2v) is 5.48. The van der Waals surface area contributed by atoms with Gasteiger partial charge in [-0.05, 0) is 57.3 Å². The van der Waals surface area contributed by atoms with Gasteiger partial charge in [0.1, 0.15) is 0 Å². The van der Waals surface area contributed by atoms with E-state index in [1.807, 2.05) is 0 Å². The highest BCUT2D eigenvalue weighted by molar-refractivity contribution is 4.72.